The highest BCUT2D eigenvalue weighted by molar-refractivity contribution is 7.89. The number of amides is 1. The van der Waals surface area contributed by atoms with E-state index in [4.69, 9.17) is 14.2 Å². The minimum absolute atomic E-state index is 0.180. The zero-order valence-corrected chi connectivity index (χ0v) is 17.5. The molecule has 0 aliphatic carbocycles. The highest BCUT2D eigenvalue weighted by Gasteiger charge is 2.30. The SMILES string of the molecule is O=C(OCC(=O)N1CCN(S(=O)(=O)c2ccccc2)CC1)c1ccc2c(c1)OCCO2. The maximum atomic E-state index is 12.7. The van der Waals surface area contributed by atoms with E-state index in [0.717, 1.165) is 0 Å². The van der Waals surface area contributed by atoms with E-state index >= 15 is 0 Å². The van der Waals surface area contributed by atoms with E-state index in [9.17, 15) is 18.0 Å². The molecule has 2 aliphatic heterocycles. The summed E-state index contributed by atoms with van der Waals surface area (Å²) >= 11 is 0. The Morgan fingerprint density at radius 2 is 1.58 bits per heavy atom. The number of hydrogen-bond acceptors (Lipinski definition) is 7. The Balaban J connectivity index is 1.29. The van der Waals surface area contributed by atoms with Crippen molar-refractivity contribution in [2.45, 2.75) is 4.90 Å². The van der Waals surface area contributed by atoms with Crippen LogP contribution in [0.25, 0.3) is 0 Å². The van der Waals surface area contributed by atoms with E-state index in [0.29, 0.717) is 24.7 Å². The normalized spacial score (nSPS) is 16.6. The lowest BCUT2D eigenvalue weighted by molar-refractivity contribution is -0.135. The molecule has 2 aromatic carbocycles. The minimum Gasteiger partial charge on any atom is -0.486 e. The maximum Gasteiger partial charge on any atom is 0.338 e. The molecule has 1 saturated heterocycles. The van der Waals surface area contributed by atoms with Crippen LogP contribution in [0.15, 0.2) is 53.4 Å². The second-order valence-electron chi connectivity index (χ2n) is 7.03. The monoisotopic (exact) mass is 446 g/mol. The summed E-state index contributed by atoms with van der Waals surface area (Å²) < 4.78 is 42.7. The number of nitrogens with zero attached hydrogens (tertiary/aromatic N) is 2. The zero-order chi connectivity index (χ0) is 21.8. The topological polar surface area (TPSA) is 102 Å². The summed E-state index contributed by atoms with van der Waals surface area (Å²) in [7, 11) is -3.59. The number of piperazine rings is 1. The van der Waals surface area contributed by atoms with Gasteiger partial charge in [0.2, 0.25) is 10.0 Å². The van der Waals surface area contributed by atoms with Gasteiger partial charge in [0, 0.05) is 26.2 Å². The third-order valence-electron chi connectivity index (χ3n) is 5.08. The average molecular weight is 446 g/mol. The number of carbonyl (C=O) groups excluding carboxylic acids is 2. The summed E-state index contributed by atoms with van der Waals surface area (Å²) in [6.45, 7) is 1.25. The van der Waals surface area contributed by atoms with Crippen LogP contribution in [0, 0.1) is 0 Å². The van der Waals surface area contributed by atoms with Crippen LogP contribution < -0.4 is 9.47 Å². The van der Waals surface area contributed by atoms with Crippen LogP contribution in [0.5, 0.6) is 11.5 Å². The van der Waals surface area contributed by atoms with Crippen molar-refractivity contribution in [2.24, 2.45) is 0 Å². The second kappa shape index (κ2) is 8.94. The Hall–Kier alpha value is -3.11. The van der Waals surface area contributed by atoms with Crippen LogP contribution in [0.4, 0.5) is 0 Å². The Morgan fingerprint density at radius 3 is 2.29 bits per heavy atom. The molecular weight excluding hydrogens is 424 g/mol. The number of benzene rings is 2. The van der Waals surface area contributed by atoms with Crippen molar-refractivity contribution in [3.8, 4) is 11.5 Å². The van der Waals surface area contributed by atoms with Gasteiger partial charge in [-0.05, 0) is 30.3 Å². The van der Waals surface area contributed by atoms with Crippen molar-refractivity contribution in [1.29, 1.82) is 0 Å². The standard InChI is InChI=1S/C21H22N2O7S/c24-20(15-30-21(25)16-6-7-18-19(14-16)29-13-12-28-18)22-8-10-23(11-9-22)31(26,27)17-4-2-1-3-5-17/h1-7,14H,8-13,15H2. The number of esters is 1. The van der Waals surface area contributed by atoms with Crippen LogP contribution in [0.3, 0.4) is 0 Å². The number of sulfonamides is 1. The Labute approximate surface area is 180 Å². The minimum atomic E-state index is -3.59. The van der Waals surface area contributed by atoms with E-state index in [-0.39, 0.29) is 42.5 Å². The quantitative estimate of drug-likeness (QED) is 0.635. The van der Waals surface area contributed by atoms with Crippen LogP contribution in [0.1, 0.15) is 10.4 Å². The van der Waals surface area contributed by atoms with Crippen LogP contribution >= 0.6 is 0 Å². The number of hydrogen-bond donors (Lipinski definition) is 0. The molecular formula is C21H22N2O7S. The number of fused-ring (bicyclic) bond motifs is 1. The first-order valence-electron chi connectivity index (χ1n) is 9.85. The summed E-state index contributed by atoms with van der Waals surface area (Å²) in [5, 5.41) is 0. The molecule has 0 saturated carbocycles. The van der Waals surface area contributed by atoms with Crippen LogP contribution in [-0.2, 0) is 19.6 Å². The second-order valence-corrected chi connectivity index (χ2v) is 8.97. The first-order chi connectivity index (χ1) is 14.9. The summed E-state index contributed by atoms with van der Waals surface area (Å²) in [6, 6.07) is 12.9. The summed E-state index contributed by atoms with van der Waals surface area (Å²) in [5.74, 6) is 0.00300. The Morgan fingerprint density at radius 1 is 0.903 bits per heavy atom. The first kappa shape index (κ1) is 21.1. The van der Waals surface area contributed by atoms with Gasteiger partial charge in [-0.1, -0.05) is 18.2 Å². The molecule has 0 unspecified atom stereocenters. The predicted octanol–water partition coefficient (Wildman–Crippen LogP) is 1.15. The van der Waals surface area contributed by atoms with E-state index in [2.05, 4.69) is 0 Å². The number of carbonyl (C=O) groups is 2. The van der Waals surface area contributed by atoms with Gasteiger partial charge in [0.25, 0.3) is 5.91 Å². The van der Waals surface area contributed by atoms with Gasteiger partial charge in [-0.3, -0.25) is 4.79 Å². The lowest BCUT2D eigenvalue weighted by Gasteiger charge is -2.33. The lowest BCUT2D eigenvalue weighted by atomic mass is 10.2. The van der Waals surface area contributed by atoms with Crippen molar-refractivity contribution in [1.82, 2.24) is 9.21 Å². The molecule has 2 aliphatic rings. The average Bonchev–Trinajstić information content (AvgIpc) is 2.82. The van der Waals surface area contributed by atoms with Crippen molar-refractivity contribution in [3.63, 3.8) is 0 Å². The molecule has 10 heteroatoms. The molecule has 0 aromatic heterocycles. The predicted molar refractivity (Wildman–Crippen MR) is 109 cm³/mol. The van der Waals surface area contributed by atoms with Crippen molar-refractivity contribution >= 4 is 21.9 Å². The Bertz CT molecular complexity index is 1060. The highest BCUT2D eigenvalue weighted by atomic mass is 32.2. The van der Waals surface area contributed by atoms with Gasteiger partial charge in [0.15, 0.2) is 18.1 Å². The lowest BCUT2D eigenvalue weighted by Crippen LogP contribution is -2.51. The van der Waals surface area contributed by atoms with E-state index in [1.54, 1.807) is 42.5 Å². The third-order valence-corrected chi connectivity index (χ3v) is 6.99. The van der Waals surface area contributed by atoms with Gasteiger partial charge in [-0.2, -0.15) is 4.31 Å². The fourth-order valence-electron chi connectivity index (χ4n) is 3.39. The number of ether oxygens (including phenoxy) is 3. The molecule has 0 spiro atoms. The van der Waals surface area contributed by atoms with Gasteiger partial charge >= 0.3 is 5.97 Å². The summed E-state index contributed by atoms with van der Waals surface area (Å²) in [6.07, 6.45) is 0. The summed E-state index contributed by atoms with van der Waals surface area (Å²) in [4.78, 5) is 26.4. The van der Waals surface area contributed by atoms with Crippen molar-refractivity contribution in [2.75, 3.05) is 46.0 Å². The molecule has 0 N–H and O–H groups in total. The highest BCUT2D eigenvalue weighted by Crippen LogP contribution is 2.30. The molecule has 164 valence electrons. The maximum absolute atomic E-state index is 12.7. The molecule has 0 radical (unpaired) electrons. The molecule has 0 bridgehead atoms. The molecule has 1 fully saturated rings. The summed E-state index contributed by atoms with van der Waals surface area (Å²) in [5.41, 5.74) is 0.260. The molecule has 9 nitrogen and oxygen atoms in total. The molecule has 31 heavy (non-hydrogen) atoms. The fourth-order valence-corrected chi connectivity index (χ4v) is 4.83. The van der Waals surface area contributed by atoms with Crippen molar-refractivity contribution < 1.29 is 32.2 Å². The van der Waals surface area contributed by atoms with E-state index < -0.39 is 22.6 Å². The molecule has 0 atom stereocenters. The first-order valence-corrected chi connectivity index (χ1v) is 11.3. The van der Waals surface area contributed by atoms with Gasteiger partial charge < -0.3 is 19.1 Å². The fraction of sp³-hybridized carbons (Fsp3) is 0.333. The van der Waals surface area contributed by atoms with E-state index in [1.807, 2.05) is 0 Å². The van der Waals surface area contributed by atoms with Gasteiger partial charge in [0.1, 0.15) is 13.2 Å². The molecule has 1 amide bonds. The van der Waals surface area contributed by atoms with Gasteiger partial charge in [0.05, 0.1) is 10.5 Å². The van der Waals surface area contributed by atoms with Crippen molar-refractivity contribution in [3.05, 3.63) is 54.1 Å². The van der Waals surface area contributed by atoms with Crippen LogP contribution in [0.2, 0.25) is 0 Å². The van der Waals surface area contributed by atoms with Crippen LogP contribution in [-0.4, -0.2) is 75.5 Å². The molecule has 2 heterocycles. The zero-order valence-electron chi connectivity index (χ0n) is 16.7. The number of rotatable bonds is 5. The molecule has 2 aromatic rings. The molecule has 4 rings (SSSR count). The largest absolute Gasteiger partial charge is 0.486 e. The van der Waals surface area contributed by atoms with Gasteiger partial charge in [-0.25, -0.2) is 13.2 Å². The third kappa shape index (κ3) is 4.64. The van der Waals surface area contributed by atoms with Gasteiger partial charge in [-0.15, -0.1) is 0 Å². The Kier molecular flexibility index (Phi) is 6.10. The van der Waals surface area contributed by atoms with E-state index in [1.165, 1.54) is 15.3 Å². The smallest absolute Gasteiger partial charge is 0.338 e.